The van der Waals surface area contributed by atoms with Crippen molar-refractivity contribution >= 4 is 5.97 Å². The molecule has 19 heavy (non-hydrogen) atoms. The molecule has 0 saturated heterocycles. The van der Waals surface area contributed by atoms with Crippen LogP contribution >= 0.6 is 0 Å². The Morgan fingerprint density at radius 3 is 2.21 bits per heavy atom. The number of carbonyl (C=O) groups excluding carboxylic acids is 1. The average Bonchev–Trinajstić information content (AvgIpc) is 2.26. The number of hydrogen-bond donors (Lipinski definition) is 1. The summed E-state index contributed by atoms with van der Waals surface area (Å²) in [5.41, 5.74) is 8.86. The summed E-state index contributed by atoms with van der Waals surface area (Å²) in [6, 6.07) is 6.15. The van der Waals surface area contributed by atoms with E-state index in [2.05, 4.69) is 26.0 Å². The van der Waals surface area contributed by atoms with Gasteiger partial charge in [-0.25, -0.2) is 0 Å². The van der Waals surface area contributed by atoms with Crippen LogP contribution in [0.4, 0.5) is 0 Å². The van der Waals surface area contributed by atoms with Crippen LogP contribution in [0.15, 0.2) is 18.2 Å². The van der Waals surface area contributed by atoms with E-state index in [9.17, 15) is 4.79 Å². The Balaban J connectivity index is 2.85. The number of ether oxygens (including phenoxy) is 1. The van der Waals surface area contributed by atoms with E-state index in [1.165, 1.54) is 16.7 Å². The van der Waals surface area contributed by atoms with Crippen LogP contribution in [0.25, 0.3) is 0 Å². The number of nitrogens with two attached hydrogens (primary N) is 1. The van der Waals surface area contributed by atoms with Gasteiger partial charge in [-0.2, -0.15) is 0 Å². The van der Waals surface area contributed by atoms with Crippen molar-refractivity contribution in [2.24, 2.45) is 11.7 Å². The first-order valence-electron chi connectivity index (χ1n) is 6.72. The highest BCUT2D eigenvalue weighted by Gasteiger charge is 2.25. The lowest BCUT2D eigenvalue weighted by atomic mass is 9.92. The summed E-state index contributed by atoms with van der Waals surface area (Å²) in [5.74, 6) is -0.489. The largest absolute Gasteiger partial charge is 0.460 e. The average molecular weight is 263 g/mol. The fourth-order valence-electron chi connectivity index (χ4n) is 2.07. The van der Waals surface area contributed by atoms with Crippen molar-refractivity contribution < 1.29 is 9.53 Å². The van der Waals surface area contributed by atoms with E-state index in [0.29, 0.717) is 13.0 Å². The van der Waals surface area contributed by atoms with E-state index in [1.807, 2.05) is 26.8 Å². The fourth-order valence-corrected chi connectivity index (χ4v) is 2.07. The zero-order valence-corrected chi connectivity index (χ0v) is 12.6. The van der Waals surface area contributed by atoms with Crippen molar-refractivity contribution in [2.45, 2.75) is 46.6 Å². The fraction of sp³-hybridized carbons (Fsp3) is 0.562. The van der Waals surface area contributed by atoms with Crippen molar-refractivity contribution in [1.82, 2.24) is 0 Å². The summed E-state index contributed by atoms with van der Waals surface area (Å²) >= 11 is 0. The minimum atomic E-state index is -0.467. The van der Waals surface area contributed by atoms with Gasteiger partial charge in [0.2, 0.25) is 0 Å². The minimum Gasteiger partial charge on any atom is -0.460 e. The molecule has 0 amide bonds. The molecule has 0 bridgehead atoms. The third-order valence-electron chi connectivity index (χ3n) is 3.12. The Bertz CT molecular complexity index is 426. The second kappa shape index (κ2) is 6.20. The molecule has 2 N–H and O–H groups in total. The third-order valence-corrected chi connectivity index (χ3v) is 3.12. The third kappa shape index (κ3) is 4.67. The smallest absolute Gasteiger partial charge is 0.311 e. The summed E-state index contributed by atoms with van der Waals surface area (Å²) in [6.07, 6.45) is 0.643. The Morgan fingerprint density at radius 2 is 1.79 bits per heavy atom. The zero-order chi connectivity index (χ0) is 14.6. The highest BCUT2D eigenvalue weighted by Crippen LogP contribution is 2.20. The van der Waals surface area contributed by atoms with Crippen LogP contribution in [0.2, 0.25) is 0 Å². The van der Waals surface area contributed by atoms with E-state index in [-0.39, 0.29) is 11.9 Å². The lowest BCUT2D eigenvalue weighted by molar-refractivity contribution is -0.159. The monoisotopic (exact) mass is 263 g/mol. The van der Waals surface area contributed by atoms with Crippen molar-refractivity contribution in [1.29, 1.82) is 0 Å². The van der Waals surface area contributed by atoms with Crippen molar-refractivity contribution in [3.8, 4) is 0 Å². The molecule has 1 atom stereocenters. The summed E-state index contributed by atoms with van der Waals surface area (Å²) in [7, 11) is 0. The Labute approximate surface area is 116 Å². The number of esters is 1. The maximum absolute atomic E-state index is 12.1. The molecule has 3 nitrogen and oxygen atoms in total. The molecule has 0 aromatic heterocycles. The van der Waals surface area contributed by atoms with Crippen LogP contribution in [-0.4, -0.2) is 18.1 Å². The molecule has 0 aliphatic rings. The molecular formula is C16H25NO2. The standard InChI is InChI=1S/C16H25NO2/c1-11-7-6-8-12(2)14(11)9-13(10-17)15(18)19-16(3,4)5/h6-8,13H,9-10,17H2,1-5H3. The van der Waals surface area contributed by atoms with E-state index in [1.54, 1.807) is 0 Å². The molecule has 0 aliphatic carbocycles. The second-order valence-corrected chi connectivity index (χ2v) is 6.04. The predicted octanol–water partition coefficient (Wildman–Crippen LogP) is 2.76. The highest BCUT2D eigenvalue weighted by molar-refractivity contribution is 5.73. The van der Waals surface area contributed by atoms with Gasteiger partial charge in [0.05, 0.1) is 5.92 Å². The molecule has 0 fully saturated rings. The number of benzene rings is 1. The van der Waals surface area contributed by atoms with Crippen LogP contribution in [0, 0.1) is 19.8 Å². The summed E-state index contributed by atoms with van der Waals surface area (Å²) < 4.78 is 5.42. The normalized spacial score (nSPS) is 13.2. The van der Waals surface area contributed by atoms with Gasteiger partial charge < -0.3 is 10.5 Å². The molecular weight excluding hydrogens is 238 g/mol. The molecule has 1 aromatic rings. The van der Waals surface area contributed by atoms with Crippen LogP contribution in [0.3, 0.4) is 0 Å². The molecule has 1 aromatic carbocycles. The van der Waals surface area contributed by atoms with Crippen LogP contribution < -0.4 is 5.73 Å². The molecule has 0 heterocycles. The Morgan fingerprint density at radius 1 is 1.26 bits per heavy atom. The predicted molar refractivity (Wildman–Crippen MR) is 78.0 cm³/mol. The molecule has 1 rings (SSSR count). The summed E-state index contributed by atoms with van der Waals surface area (Å²) in [6.45, 7) is 10.0. The van der Waals surface area contributed by atoms with Crippen LogP contribution in [-0.2, 0) is 16.0 Å². The minimum absolute atomic E-state index is 0.211. The lowest BCUT2D eigenvalue weighted by Gasteiger charge is -2.24. The van der Waals surface area contributed by atoms with Gasteiger partial charge in [-0.05, 0) is 57.7 Å². The number of rotatable bonds is 4. The van der Waals surface area contributed by atoms with Gasteiger partial charge in [-0.3, -0.25) is 4.79 Å². The number of aryl methyl sites for hydroxylation is 2. The van der Waals surface area contributed by atoms with E-state index < -0.39 is 5.60 Å². The van der Waals surface area contributed by atoms with Gasteiger partial charge in [-0.1, -0.05) is 18.2 Å². The van der Waals surface area contributed by atoms with Gasteiger partial charge in [0.25, 0.3) is 0 Å². The quantitative estimate of drug-likeness (QED) is 0.850. The molecule has 0 spiro atoms. The van der Waals surface area contributed by atoms with Crippen molar-refractivity contribution in [2.75, 3.05) is 6.54 Å². The topological polar surface area (TPSA) is 52.3 Å². The molecule has 0 aliphatic heterocycles. The van der Waals surface area contributed by atoms with Crippen molar-refractivity contribution in [3.63, 3.8) is 0 Å². The van der Waals surface area contributed by atoms with E-state index in [0.717, 1.165) is 0 Å². The maximum atomic E-state index is 12.1. The van der Waals surface area contributed by atoms with Gasteiger partial charge in [-0.15, -0.1) is 0 Å². The summed E-state index contributed by atoms with van der Waals surface area (Å²) in [4.78, 5) is 12.1. The molecule has 0 radical (unpaired) electrons. The maximum Gasteiger partial charge on any atom is 0.311 e. The molecule has 1 unspecified atom stereocenters. The van der Waals surface area contributed by atoms with Crippen LogP contribution in [0.5, 0.6) is 0 Å². The lowest BCUT2D eigenvalue weighted by Crippen LogP contribution is -2.33. The molecule has 3 heteroatoms. The van der Waals surface area contributed by atoms with E-state index >= 15 is 0 Å². The SMILES string of the molecule is Cc1cccc(C)c1CC(CN)C(=O)OC(C)(C)C. The highest BCUT2D eigenvalue weighted by atomic mass is 16.6. The Hall–Kier alpha value is -1.35. The van der Waals surface area contributed by atoms with Gasteiger partial charge in [0.1, 0.15) is 5.60 Å². The number of carbonyl (C=O) groups is 1. The first kappa shape index (κ1) is 15.7. The first-order chi connectivity index (χ1) is 8.74. The van der Waals surface area contributed by atoms with Crippen LogP contribution in [0.1, 0.15) is 37.5 Å². The summed E-state index contributed by atoms with van der Waals surface area (Å²) in [5, 5.41) is 0. The molecule has 106 valence electrons. The second-order valence-electron chi connectivity index (χ2n) is 6.04. The molecule has 0 saturated carbocycles. The van der Waals surface area contributed by atoms with Crippen molar-refractivity contribution in [3.05, 3.63) is 34.9 Å². The van der Waals surface area contributed by atoms with E-state index in [4.69, 9.17) is 10.5 Å². The van der Waals surface area contributed by atoms with Gasteiger partial charge in [0.15, 0.2) is 0 Å². The first-order valence-corrected chi connectivity index (χ1v) is 6.72. The van der Waals surface area contributed by atoms with Gasteiger partial charge in [0, 0.05) is 6.54 Å². The number of hydrogen-bond acceptors (Lipinski definition) is 3. The zero-order valence-electron chi connectivity index (χ0n) is 12.6. The van der Waals surface area contributed by atoms with Gasteiger partial charge >= 0.3 is 5.97 Å². The Kier molecular flexibility index (Phi) is 5.12.